The van der Waals surface area contributed by atoms with E-state index in [2.05, 4.69) is 19.2 Å². The summed E-state index contributed by atoms with van der Waals surface area (Å²) in [5.74, 6) is 0.488. The molecule has 0 radical (unpaired) electrons. The number of unbranched alkanes of at least 4 members (excludes halogenated alkanes) is 1. The second kappa shape index (κ2) is 6.80. The van der Waals surface area contributed by atoms with Crippen molar-refractivity contribution in [3.05, 3.63) is 0 Å². The highest BCUT2D eigenvalue weighted by atomic mass is 16.2. The Labute approximate surface area is 129 Å². The lowest BCUT2D eigenvalue weighted by atomic mass is 9.85. The fourth-order valence-electron chi connectivity index (χ4n) is 2.86. The van der Waals surface area contributed by atoms with E-state index in [1.165, 1.54) is 12.8 Å². The molecule has 1 saturated heterocycles. The number of carbonyl (C=O) groups is 2. The van der Waals surface area contributed by atoms with Crippen molar-refractivity contribution in [3.8, 4) is 0 Å². The van der Waals surface area contributed by atoms with E-state index in [9.17, 15) is 9.59 Å². The molecule has 2 atom stereocenters. The summed E-state index contributed by atoms with van der Waals surface area (Å²) in [6.45, 7) is 12.5. The van der Waals surface area contributed by atoms with Crippen LogP contribution in [0.15, 0.2) is 0 Å². The highest BCUT2D eigenvalue weighted by molar-refractivity contribution is 6.01. The molecule has 0 aliphatic carbocycles. The van der Waals surface area contributed by atoms with Crippen LogP contribution in [0.5, 0.6) is 0 Å². The summed E-state index contributed by atoms with van der Waals surface area (Å²) in [5, 5.41) is 2.92. The Morgan fingerprint density at radius 1 is 1.14 bits per heavy atom. The maximum atomic E-state index is 12.9. The zero-order valence-corrected chi connectivity index (χ0v) is 14.6. The molecular weight excluding hydrogens is 264 g/mol. The van der Waals surface area contributed by atoms with E-state index in [0.29, 0.717) is 18.9 Å². The standard InChI is InChI=1S/C17H32N2O2/c1-7-10-11-13(8-2)12-19-15(21)17(6,9-3)18-14(20)16(19,4)5/h13H,7-12H2,1-6H3,(H,18,20). The second-order valence-electron chi connectivity index (χ2n) is 7.03. The summed E-state index contributed by atoms with van der Waals surface area (Å²) in [6, 6.07) is 0. The van der Waals surface area contributed by atoms with Gasteiger partial charge >= 0.3 is 0 Å². The van der Waals surface area contributed by atoms with E-state index >= 15 is 0 Å². The minimum absolute atomic E-state index is 0.0446. The van der Waals surface area contributed by atoms with Gasteiger partial charge in [0.25, 0.3) is 0 Å². The predicted octanol–water partition coefficient (Wildman–Crippen LogP) is 3.11. The van der Waals surface area contributed by atoms with Crippen molar-refractivity contribution in [1.82, 2.24) is 10.2 Å². The third-order valence-electron chi connectivity index (χ3n) is 5.03. The molecule has 1 rings (SSSR count). The van der Waals surface area contributed by atoms with Crippen molar-refractivity contribution in [1.29, 1.82) is 0 Å². The first-order valence-electron chi connectivity index (χ1n) is 8.37. The first-order chi connectivity index (χ1) is 9.72. The van der Waals surface area contributed by atoms with Gasteiger partial charge < -0.3 is 10.2 Å². The molecule has 1 aliphatic rings. The smallest absolute Gasteiger partial charge is 0.248 e. The summed E-state index contributed by atoms with van der Waals surface area (Å²) in [6.07, 6.45) is 5.14. The maximum absolute atomic E-state index is 12.9. The van der Waals surface area contributed by atoms with Crippen LogP contribution >= 0.6 is 0 Å². The first kappa shape index (κ1) is 18.0. The highest BCUT2D eigenvalue weighted by Gasteiger charge is 2.51. The number of piperazine rings is 1. The van der Waals surface area contributed by atoms with Crippen molar-refractivity contribution in [2.45, 2.75) is 84.7 Å². The molecule has 0 bridgehead atoms. The number of nitrogens with one attached hydrogen (secondary N) is 1. The molecule has 1 fully saturated rings. The third-order valence-corrected chi connectivity index (χ3v) is 5.03. The monoisotopic (exact) mass is 296 g/mol. The van der Waals surface area contributed by atoms with Gasteiger partial charge in [-0.2, -0.15) is 0 Å². The van der Waals surface area contributed by atoms with Crippen LogP contribution in [0.4, 0.5) is 0 Å². The van der Waals surface area contributed by atoms with Gasteiger partial charge in [0.1, 0.15) is 11.1 Å². The average Bonchev–Trinajstić information content (AvgIpc) is 2.45. The van der Waals surface area contributed by atoms with Gasteiger partial charge in [-0.1, -0.05) is 40.0 Å². The van der Waals surface area contributed by atoms with E-state index in [1.807, 2.05) is 32.6 Å². The van der Waals surface area contributed by atoms with Gasteiger partial charge in [-0.15, -0.1) is 0 Å². The molecule has 0 aromatic carbocycles. The minimum Gasteiger partial charge on any atom is -0.340 e. The van der Waals surface area contributed by atoms with Crippen LogP contribution in [0.3, 0.4) is 0 Å². The molecular formula is C17H32N2O2. The first-order valence-corrected chi connectivity index (χ1v) is 8.37. The summed E-state index contributed by atoms with van der Waals surface area (Å²) in [7, 11) is 0. The molecule has 0 aromatic heterocycles. The van der Waals surface area contributed by atoms with E-state index in [4.69, 9.17) is 0 Å². The number of amides is 2. The van der Waals surface area contributed by atoms with Crippen molar-refractivity contribution in [2.75, 3.05) is 6.54 Å². The molecule has 2 amide bonds. The fourth-order valence-corrected chi connectivity index (χ4v) is 2.86. The number of nitrogens with zero attached hydrogens (tertiary/aromatic N) is 1. The van der Waals surface area contributed by atoms with Crippen LogP contribution in [-0.4, -0.2) is 34.3 Å². The second-order valence-corrected chi connectivity index (χ2v) is 7.03. The number of hydrogen-bond acceptors (Lipinski definition) is 2. The quantitative estimate of drug-likeness (QED) is 0.785. The lowest BCUT2D eigenvalue weighted by Gasteiger charge is -2.49. The third kappa shape index (κ3) is 3.58. The Bertz CT molecular complexity index is 392. The van der Waals surface area contributed by atoms with Gasteiger partial charge in [0.15, 0.2) is 0 Å². The summed E-state index contributed by atoms with van der Waals surface area (Å²) in [5.41, 5.74) is -1.51. The lowest BCUT2D eigenvalue weighted by molar-refractivity contribution is -0.161. The van der Waals surface area contributed by atoms with E-state index in [1.54, 1.807) is 0 Å². The molecule has 0 saturated carbocycles. The Morgan fingerprint density at radius 2 is 1.76 bits per heavy atom. The van der Waals surface area contributed by atoms with Crippen molar-refractivity contribution in [2.24, 2.45) is 5.92 Å². The van der Waals surface area contributed by atoms with Crippen molar-refractivity contribution in [3.63, 3.8) is 0 Å². The molecule has 2 unspecified atom stereocenters. The molecule has 1 aliphatic heterocycles. The Hall–Kier alpha value is -1.06. The Morgan fingerprint density at radius 3 is 2.24 bits per heavy atom. The molecule has 0 aromatic rings. The number of carbonyl (C=O) groups excluding carboxylic acids is 2. The van der Waals surface area contributed by atoms with E-state index < -0.39 is 11.1 Å². The van der Waals surface area contributed by atoms with Crippen LogP contribution in [-0.2, 0) is 9.59 Å². The zero-order valence-electron chi connectivity index (χ0n) is 14.6. The summed E-state index contributed by atoms with van der Waals surface area (Å²) < 4.78 is 0. The average molecular weight is 296 g/mol. The molecule has 4 nitrogen and oxygen atoms in total. The van der Waals surface area contributed by atoms with Gasteiger partial charge in [0.2, 0.25) is 11.8 Å². The summed E-state index contributed by atoms with van der Waals surface area (Å²) in [4.78, 5) is 27.1. The molecule has 21 heavy (non-hydrogen) atoms. The predicted molar refractivity (Wildman–Crippen MR) is 85.9 cm³/mol. The number of hydrogen-bond donors (Lipinski definition) is 1. The van der Waals surface area contributed by atoms with Crippen LogP contribution in [0.2, 0.25) is 0 Å². The topological polar surface area (TPSA) is 49.4 Å². The largest absolute Gasteiger partial charge is 0.340 e. The van der Waals surface area contributed by atoms with Gasteiger partial charge in [-0.05, 0) is 39.5 Å². The lowest BCUT2D eigenvalue weighted by Crippen LogP contribution is -2.73. The van der Waals surface area contributed by atoms with Gasteiger partial charge in [0, 0.05) is 6.54 Å². The van der Waals surface area contributed by atoms with Crippen molar-refractivity contribution >= 4 is 11.8 Å². The minimum atomic E-state index is -0.759. The van der Waals surface area contributed by atoms with Gasteiger partial charge in [-0.3, -0.25) is 9.59 Å². The van der Waals surface area contributed by atoms with Crippen LogP contribution in [0.25, 0.3) is 0 Å². The van der Waals surface area contributed by atoms with Crippen LogP contribution < -0.4 is 5.32 Å². The highest BCUT2D eigenvalue weighted by Crippen LogP contribution is 2.30. The SMILES string of the molecule is CCCCC(CC)CN1C(=O)C(C)(CC)NC(=O)C1(C)C. The van der Waals surface area contributed by atoms with Crippen LogP contribution in [0, 0.1) is 5.92 Å². The molecule has 1 heterocycles. The fraction of sp³-hybridized carbons (Fsp3) is 0.882. The van der Waals surface area contributed by atoms with Crippen LogP contribution in [0.1, 0.15) is 73.6 Å². The Kier molecular flexibility index (Phi) is 5.83. The Balaban J connectivity index is 2.98. The summed E-state index contributed by atoms with van der Waals surface area (Å²) >= 11 is 0. The van der Waals surface area contributed by atoms with Crippen molar-refractivity contribution < 1.29 is 9.59 Å². The van der Waals surface area contributed by atoms with E-state index in [0.717, 1.165) is 12.8 Å². The molecule has 1 N–H and O–H groups in total. The normalized spacial score (nSPS) is 26.7. The maximum Gasteiger partial charge on any atom is 0.248 e. The van der Waals surface area contributed by atoms with Gasteiger partial charge in [0.05, 0.1) is 0 Å². The molecule has 4 heteroatoms. The number of rotatable bonds is 7. The molecule has 0 spiro atoms. The molecule has 122 valence electrons. The van der Waals surface area contributed by atoms with Gasteiger partial charge in [-0.25, -0.2) is 0 Å². The van der Waals surface area contributed by atoms with E-state index in [-0.39, 0.29) is 11.8 Å². The zero-order chi connectivity index (χ0) is 16.3.